The van der Waals surface area contributed by atoms with Crippen LogP contribution < -0.4 is 16.0 Å². The average Bonchev–Trinajstić information content (AvgIpc) is 2.80. The van der Waals surface area contributed by atoms with E-state index >= 15 is 0 Å². The third-order valence-electron chi connectivity index (χ3n) is 5.45. The average molecular weight is 350 g/mol. The summed E-state index contributed by atoms with van der Waals surface area (Å²) in [6, 6.07) is -1.02. The monoisotopic (exact) mass is 350 g/mol. The standard InChI is InChI=1S/C17H26N4O4/c22-13(19-15(24)18-12-7-3-1-4-8-12)11-21-14(23)17(20-16(21)25)9-5-2-6-10-17/h12H,1-11H2,(H,20,25)(H2,18,19,22,24). The van der Waals surface area contributed by atoms with Crippen molar-refractivity contribution in [3.63, 3.8) is 0 Å². The van der Waals surface area contributed by atoms with Crippen molar-refractivity contribution >= 4 is 23.9 Å². The topological polar surface area (TPSA) is 108 Å². The number of carbonyl (C=O) groups excluding carboxylic acids is 4. The quantitative estimate of drug-likeness (QED) is 0.669. The molecule has 3 fully saturated rings. The number of nitrogens with one attached hydrogen (secondary N) is 3. The van der Waals surface area contributed by atoms with Crippen LogP contribution in [0.25, 0.3) is 0 Å². The Morgan fingerprint density at radius 1 is 1.04 bits per heavy atom. The zero-order valence-corrected chi connectivity index (χ0v) is 14.4. The molecule has 3 N–H and O–H groups in total. The maximum absolute atomic E-state index is 12.6. The molecule has 2 aliphatic carbocycles. The lowest BCUT2D eigenvalue weighted by atomic mass is 9.82. The van der Waals surface area contributed by atoms with Gasteiger partial charge in [0.2, 0.25) is 5.91 Å². The maximum Gasteiger partial charge on any atom is 0.325 e. The minimum atomic E-state index is -0.847. The van der Waals surface area contributed by atoms with Gasteiger partial charge in [0.1, 0.15) is 12.1 Å². The van der Waals surface area contributed by atoms with E-state index in [0.29, 0.717) is 12.8 Å². The molecule has 8 nitrogen and oxygen atoms in total. The number of nitrogens with zero attached hydrogens (tertiary/aromatic N) is 1. The van der Waals surface area contributed by atoms with Crippen LogP contribution in [0.15, 0.2) is 0 Å². The molecule has 6 amide bonds. The Kier molecular flexibility index (Phi) is 5.24. The van der Waals surface area contributed by atoms with E-state index in [1.807, 2.05) is 0 Å². The van der Waals surface area contributed by atoms with Crippen LogP contribution >= 0.6 is 0 Å². The third kappa shape index (κ3) is 3.93. The number of hydrogen-bond donors (Lipinski definition) is 3. The Morgan fingerprint density at radius 3 is 2.36 bits per heavy atom. The normalized spacial score (nSPS) is 23.4. The molecular weight excluding hydrogens is 324 g/mol. The van der Waals surface area contributed by atoms with Crippen LogP contribution in [0.4, 0.5) is 9.59 Å². The van der Waals surface area contributed by atoms with Crippen molar-refractivity contribution in [3.8, 4) is 0 Å². The molecule has 0 radical (unpaired) electrons. The first-order valence-corrected chi connectivity index (χ1v) is 9.25. The van der Waals surface area contributed by atoms with Gasteiger partial charge in [-0.2, -0.15) is 0 Å². The largest absolute Gasteiger partial charge is 0.335 e. The van der Waals surface area contributed by atoms with Crippen molar-refractivity contribution in [2.45, 2.75) is 75.8 Å². The molecule has 2 saturated carbocycles. The predicted molar refractivity (Wildman–Crippen MR) is 89.6 cm³/mol. The van der Waals surface area contributed by atoms with Crippen LogP contribution in [0, 0.1) is 0 Å². The number of carbonyl (C=O) groups is 4. The van der Waals surface area contributed by atoms with Crippen LogP contribution in [-0.4, -0.2) is 46.9 Å². The Bertz CT molecular complexity index is 565. The summed E-state index contributed by atoms with van der Waals surface area (Å²) in [7, 11) is 0. The number of urea groups is 2. The Labute approximate surface area is 147 Å². The summed E-state index contributed by atoms with van der Waals surface area (Å²) in [4.78, 5) is 49.6. The molecule has 0 bridgehead atoms. The first-order chi connectivity index (χ1) is 12.0. The Hall–Kier alpha value is -2.12. The highest BCUT2D eigenvalue weighted by atomic mass is 16.2. The van der Waals surface area contributed by atoms with Gasteiger partial charge >= 0.3 is 12.1 Å². The van der Waals surface area contributed by atoms with E-state index in [1.54, 1.807) is 0 Å². The van der Waals surface area contributed by atoms with Gasteiger partial charge in [-0.1, -0.05) is 38.5 Å². The molecule has 3 rings (SSSR count). The Balaban J connectivity index is 1.51. The molecule has 0 unspecified atom stereocenters. The molecule has 25 heavy (non-hydrogen) atoms. The van der Waals surface area contributed by atoms with Crippen LogP contribution in [0.5, 0.6) is 0 Å². The highest BCUT2D eigenvalue weighted by molar-refractivity contribution is 6.10. The molecule has 1 heterocycles. The third-order valence-corrected chi connectivity index (χ3v) is 5.45. The molecule has 3 aliphatic rings. The number of imide groups is 2. The van der Waals surface area contributed by atoms with Crippen LogP contribution in [-0.2, 0) is 9.59 Å². The molecule has 1 spiro atoms. The number of hydrogen-bond acceptors (Lipinski definition) is 4. The van der Waals surface area contributed by atoms with Crippen molar-refractivity contribution in [1.82, 2.24) is 20.9 Å². The summed E-state index contributed by atoms with van der Waals surface area (Å²) in [6.07, 6.45) is 9.18. The van der Waals surface area contributed by atoms with Gasteiger partial charge in [-0.3, -0.25) is 19.8 Å². The van der Waals surface area contributed by atoms with E-state index in [1.165, 1.54) is 6.42 Å². The van der Waals surface area contributed by atoms with Gasteiger partial charge in [-0.15, -0.1) is 0 Å². The minimum absolute atomic E-state index is 0.0868. The summed E-state index contributed by atoms with van der Waals surface area (Å²) in [6.45, 7) is -0.426. The second kappa shape index (κ2) is 7.41. The summed E-state index contributed by atoms with van der Waals surface area (Å²) in [5.41, 5.74) is -0.847. The zero-order valence-electron chi connectivity index (χ0n) is 14.4. The molecule has 1 saturated heterocycles. The van der Waals surface area contributed by atoms with Crippen molar-refractivity contribution < 1.29 is 19.2 Å². The first-order valence-electron chi connectivity index (χ1n) is 9.25. The summed E-state index contributed by atoms with van der Waals surface area (Å²) in [5, 5.41) is 7.75. The molecular formula is C17H26N4O4. The van der Waals surface area contributed by atoms with E-state index in [9.17, 15) is 19.2 Å². The molecule has 0 aromatic rings. The molecule has 0 aromatic carbocycles. The fraction of sp³-hybridized carbons (Fsp3) is 0.765. The fourth-order valence-corrected chi connectivity index (χ4v) is 4.09. The van der Waals surface area contributed by atoms with Gasteiger partial charge in [0.05, 0.1) is 0 Å². The molecule has 138 valence electrons. The summed E-state index contributed by atoms with van der Waals surface area (Å²) in [5.74, 6) is -0.996. The lowest BCUT2D eigenvalue weighted by molar-refractivity contribution is -0.135. The van der Waals surface area contributed by atoms with Gasteiger partial charge in [0.25, 0.3) is 5.91 Å². The first kappa shape index (κ1) is 17.7. The SMILES string of the molecule is O=C(CN1C(=O)NC2(CCCCC2)C1=O)NC(=O)NC1CCCCC1. The number of amides is 6. The van der Waals surface area contributed by atoms with Crippen LogP contribution in [0.3, 0.4) is 0 Å². The van der Waals surface area contributed by atoms with Gasteiger partial charge in [0.15, 0.2) is 0 Å². The van der Waals surface area contributed by atoms with E-state index in [-0.39, 0.29) is 11.9 Å². The van der Waals surface area contributed by atoms with Gasteiger partial charge < -0.3 is 10.6 Å². The van der Waals surface area contributed by atoms with E-state index < -0.39 is 30.1 Å². The van der Waals surface area contributed by atoms with Gasteiger partial charge in [-0.05, 0) is 25.7 Å². The van der Waals surface area contributed by atoms with E-state index in [2.05, 4.69) is 16.0 Å². The molecule has 8 heteroatoms. The lowest BCUT2D eigenvalue weighted by Crippen LogP contribution is -2.50. The fourth-order valence-electron chi connectivity index (χ4n) is 4.09. The van der Waals surface area contributed by atoms with E-state index in [0.717, 1.165) is 49.8 Å². The van der Waals surface area contributed by atoms with Gasteiger partial charge in [-0.25, -0.2) is 9.59 Å². The smallest absolute Gasteiger partial charge is 0.325 e. The highest BCUT2D eigenvalue weighted by Crippen LogP contribution is 2.33. The lowest BCUT2D eigenvalue weighted by Gasteiger charge is -2.30. The van der Waals surface area contributed by atoms with Crippen molar-refractivity contribution in [2.75, 3.05) is 6.54 Å². The van der Waals surface area contributed by atoms with Gasteiger partial charge in [0, 0.05) is 6.04 Å². The van der Waals surface area contributed by atoms with Crippen molar-refractivity contribution in [1.29, 1.82) is 0 Å². The van der Waals surface area contributed by atoms with E-state index in [4.69, 9.17) is 0 Å². The zero-order chi connectivity index (χ0) is 17.9. The maximum atomic E-state index is 12.6. The number of rotatable bonds is 3. The van der Waals surface area contributed by atoms with Crippen LogP contribution in [0.1, 0.15) is 64.2 Å². The molecule has 0 aromatic heterocycles. The molecule has 0 atom stereocenters. The minimum Gasteiger partial charge on any atom is -0.335 e. The summed E-state index contributed by atoms with van der Waals surface area (Å²) >= 11 is 0. The Morgan fingerprint density at radius 2 is 1.68 bits per heavy atom. The second-order valence-electron chi connectivity index (χ2n) is 7.32. The van der Waals surface area contributed by atoms with Crippen molar-refractivity contribution in [3.05, 3.63) is 0 Å². The molecule has 1 aliphatic heterocycles. The summed E-state index contributed by atoms with van der Waals surface area (Å²) < 4.78 is 0. The predicted octanol–water partition coefficient (Wildman–Crippen LogP) is 1.40. The highest BCUT2D eigenvalue weighted by Gasteiger charge is 2.51. The van der Waals surface area contributed by atoms with Crippen LogP contribution in [0.2, 0.25) is 0 Å². The van der Waals surface area contributed by atoms with Crippen molar-refractivity contribution in [2.24, 2.45) is 0 Å². The second-order valence-corrected chi connectivity index (χ2v) is 7.32.